The highest BCUT2D eigenvalue weighted by atomic mass is 79.9. The molecule has 0 saturated carbocycles. The van der Waals surface area contributed by atoms with Gasteiger partial charge < -0.3 is 0 Å². The molecule has 2 aromatic carbocycles. The smallest absolute Gasteiger partial charge is 0.0412 e. The molecule has 0 saturated heterocycles. The molecule has 0 amide bonds. The molecule has 0 atom stereocenters. The molecule has 0 unspecified atom stereocenters. The minimum absolute atomic E-state index is 0.746. The Balaban J connectivity index is 2.53. The number of hydrogen-bond donors (Lipinski definition) is 0. The van der Waals surface area contributed by atoms with Crippen LogP contribution in [0.25, 0.3) is 11.1 Å². The number of rotatable bonds is 1. The Labute approximate surface area is 111 Å². The third-order valence-corrected chi connectivity index (χ3v) is 3.54. The van der Waals surface area contributed by atoms with Gasteiger partial charge in [-0.05, 0) is 41.5 Å². The second kappa shape index (κ2) is 4.69. The predicted octanol–water partition coefficient (Wildman–Crippen LogP) is 5.53. The second-order valence-electron chi connectivity index (χ2n) is 3.13. The van der Waals surface area contributed by atoms with Crippen LogP contribution >= 0.6 is 43.5 Å². The summed E-state index contributed by atoms with van der Waals surface area (Å²) in [4.78, 5) is 0. The lowest BCUT2D eigenvalue weighted by Gasteiger charge is -2.05. The van der Waals surface area contributed by atoms with Crippen LogP contribution in [0, 0.1) is 0 Å². The summed E-state index contributed by atoms with van der Waals surface area (Å²) in [6.45, 7) is 0. The maximum atomic E-state index is 5.97. The summed E-state index contributed by atoms with van der Waals surface area (Å²) in [6.07, 6.45) is 0. The van der Waals surface area contributed by atoms with Crippen LogP contribution in [0.3, 0.4) is 0 Å². The maximum absolute atomic E-state index is 5.97. The van der Waals surface area contributed by atoms with E-state index in [1.54, 1.807) is 0 Å². The molecule has 0 aliphatic carbocycles. The standard InChI is InChI=1S/C12H7Br2Cl/c13-9-3-1-8(2-4-9)11-7-10(15)5-6-12(11)14/h1-7H. The van der Waals surface area contributed by atoms with E-state index < -0.39 is 0 Å². The van der Waals surface area contributed by atoms with Gasteiger partial charge in [-0.3, -0.25) is 0 Å². The Morgan fingerprint density at radius 2 is 1.53 bits per heavy atom. The van der Waals surface area contributed by atoms with Crippen molar-refractivity contribution in [2.45, 2.75) is 0 Å². The largest absolute Gasteiger partial charge is 0.0843 e. The molecule has 0 aromatic heterocycles. The van der Waals surface area contributed by atoms with E-state index >= 15 is 0 Å². The van der Waals surface area contributed by atoms with Crippen LogP contribution < -0.4 is 0 Å². The van der Waals surface area contributed by atoms with E-state index in [0.717, 1.165) is 25.1 Å². The van der Waals surface area contributed by atoms with Crippen LogP contribution in [0.5, 0.6) is 0 Å². The lowest BCUT2D eigenvalue weighted by molar-refractivity contribution is 1.57. The van der Waals surface area contributed by atoms with Gasteiger partial charge in [-0.25, -0.2) is 0 Å². The Kier molecular flexibility index (Phi) is 3.49. The van der Waals surface area contributed by atoms with E-state index in [0.29, 0.717) is 0 Å². The molecule has 2 rings (SSSR count). The molecule has 0 spiro atoms. The van der Waals surface area contributed by atoms with Crippen LogP contribution in [0.15, 0.2) is 51.4 Å². The fourth-order valence-corrected chi connectivity index (χ4v) is 2.26. The molecule has 0 radical (unpaired) electrons. The van der Waals surface area contributed by atoms with Gasteiger partial charge in [0.25, 0.3) is 0 Å². The molecular formula is C12H7Br2Cl. The summed E-state index contributed by atoms with van der Waals surface area (Å²) in [5.41, 5.74) is 2.25. The first-order valence-electron chi connectivity index (χ1n) is 4.38. The molecule has 0 aliphatic rings. The van der Waals surface area contributed by atoms with Crippen LogP contribution in [0.4, 0.5) is 0 Å². The van der Waals surface area contributed by atoms with Crippen molar-refractivity contribution >= 4 is 43.5 Å². The zero-order chi connectivity index (χ0) is 10.8. The summed E-state index contributed by atoms with van der Waals surface area (Å²) < 4.78 is 2.12. The van der Waals surface area contributed by atoms with Crippen molar-refractivity contribution in [3.8, 4) is 11.1 Å². The van der Waals surface area contributed by atoms with Gasteiger partial charge in [0.05, 0.1) is 0 Å². The molecule has 0 fully saturated rings. The first kappa shape index (κ1) is 11.2. The van der Waals surface area contributed by atoms with Gasteiger partial charge in [0, 0.05) is 14.0 Å². The summed E-state index contributed by atoms with van der Waals surface area (Å²) in [7, 11) is 0. The average molecular weight is 346 g/mol. The quantitative estimate of drug-likeness (QED) is 0.637. The molecule has 0 bridgehead atoms. The van der Waals surface area contributed by atoms with Gasteiger partial charge in [0.2, 0.25) is 0 Å². The molecule has 0 N–H and O–H groups in total. The third kappa shape index (κ3) is 2.63. The second-order valence-corrected chi connectivity index (χ2v) is 5.34. The lowest BCUT2D eigenvalue weighted by atomic mass is 10.1. The SMILES string of the molecule is Clc1ccc(Br)c(-c2ccc(Br)cc2)c1. The summed E-state index contributed by atoms with van der Waals surface area (Å²) in [5, 5.41) is 0.746. The van der Waals surface area contributed by atoms with E-state index in [-0.39, 0.29) is 0 Å². The summed E-state index contributed by atoms with van der Waals surface area (Å²) in [6, 6.07) is 13.9. The Hall–Kier alpha value is -0.310. The Bertz CT molecular complexity index is 477. The van der Waals surface area contributed by atoms with Crippen LogP contribution in [0.1, 0.15) is 0 Å². The zero-order valence-corrected chi connectivity index (χ0v) is 11.6. The van der Waals surface area contributed by atoms with Crippen molar-refractivity contribution in [2.24, 2.45) is 0 Å². The van der Waals surface area contributed by atoms with Crippen molar-refractivity contribution in [3.05, 3.63) is 56.4 Å². The maximum Gasteiger partial charge on any atom is 0.0412 e. The van der Waals surface area contributed by atoms with E-state index in [1.165, 1.54) is 0 Å². The molecule has 2 aromatic rings. The number of halogens is 3. The van der Waals surface area contributed by atoms with Crippen LogP contribution in [-0.2, 0) is 0 Å². The van der Waals surface area contributed by atoms with Gasteiger partial charge in [0.1, 0.15) is 0 Å². The molecule has 76 valence electrons. The first-order chi connectivity index (χ1) is 7.16. The van der Waals surface area contributed by atoms with Crippen molar-refractivity contribution < 1.29 is 0 Å². The van der Waals surface area contributed by atoms with Gasteiger partial charge in [0.15, 0.2) is 0 Å². The topological polar surface area (TPSA) is 0 Å². The van der Waals surface area contributed by atoms with Gasteiger partial charge >= 0.3 is 0 Å². The molecule has 3 heteroatoms. The van der Waals surface area contributed by atoms with Crippen LogP contribution in [0.2, 0.25) is 5.02 Å². The fraction of sp³-hybridized carbons (Fsp3) is 0. The minimum atomic E-state index is 0.746. The van der Waals surface area contributed by atoms with Crippen molar-refractivity contribution in [2.75, 3.05) is 0 Å². The monoisotopic (exact) mass is 344 g/mol. The zero-order valence-electron chi connectivity index (χ0n) is 7.68. The van der Waals surface area contributed by atoms with E-state index in [1.807, 2.05) is 30.3 Å². The highest BCUT2D eigenvalue weighted by Crippen LogP contribution is 2.31. The summed E-state index contributed by atoms with van der Waals surface area (Å²) in [5.74, 6) is 0. The van der Waals surface area contributed by atoms with E-state index in [9.17, 15) is 0 Å². The normalized spacial score (nSPS) is 10.3. The lowest BCUT2D eigenvalue weighted by Crippen LogP contribution is -1.79. The van der Waals surface area contributed by atoms with E-state index in [4.69, 9.17) is 11.6 Å². The highest BCUT2D eigenvalue weighted by molar-refractivity contribution is 9.10. The van der Waals surface area contributed by atoms with Gasteiger partial charge in [-0.2, -0.15) is 0 Å². The first-order valence-corrected chi connectivity index (χ1v) is 6.34. The van der Waals surface area contributed by atoms with E-state index in [2.05, 4.69) is 44.0 Å². The van der Waals surface area contributed by atoms with Gasteiger partial charge in [-0.15, -0.1) is 0 Å². The minimum Gasteiger partial charge on any atom is -0.0843 e. The summed E-state index contributed by atoms with van der Waals surface area (Å²) >= 11 is 12.9. The molecule has 15 heavy (non-hydrogen) atoms. The molecule has 0 aliphatic heterocycles. The molecule has 0 heterocycles. The van der Waals surface area contributed by atoms with Gasteiger partial charge in [-0.1, -0.05) is 55.6 Å². The predicted molar refractivity (Wildman–Crippen MR) is 72.3 cm³/mol. The highest BCUT2D eigenvalue weighted by Gasteiger charge is 2.03. The van der Waals surface area contributed by atoms with Crippen LogP contribution in [-0.4, -0.2) is 0 Å². The average Bonchev–Trinajstić information content (AvgIpc) is 2.23. The van der Waals surface area contributed by atoms with Crippen molar-refractivity contribution in [3.63, 3.8) is 0 Å². The number of hydrogen-bond acceptors (Lipinski definition) is 0. The van der Waals surface area contributed by atoms with Crippen molar-refractivity contribution in [1.29, 1.82) is 0 Å². The number of benzene rings is 2. The fourth-order valence-electron chi connectivity index (χ4n) is 1.35. The Morgan fingerprint density at radius 1 is 0.867 bits per heavy atom. The van der Waals surface area contributed by atoms with Crippen molar-refractivity contribution in [1.82, 2.24) is 0 Å². The Morgan fingerprint density at radius 3 is 2.20 bits per heavy atom. The third-order valence-electron chi connectivity index (χ3n) is 2.08. The molecular weight excluding hydrogens is 339 g/mol. The molecule has 0 nitrogen and oxygen atoms in total.